The first-order valence-corrected chi connectivity index (χ1v) is 7.99. The minimum atomic E-state index is -0.147. The number of nitrogens with one attached hydrogen (secondary N) is 1. The summed E-state index contributed by atoms with van der Waals surface area (Å²) in [5.41, 5.74) is 1.65. The Kier molecular flexibility index (Phi) is 3.52. The van der Waals surface area contributed by atoms with Crippen molar-refractivity contribution >= 4 is 28.3 Å². The van der Waals surface area contributed by atoms with Crippen molar-refractivity contribution in [3.63, 3.8) is 0 Å². The molecule has 0 saturated heterocycles. The van der Waals surface area contributed by atoms with Crippen LogP contribution >= 0.6 is 22.6 Å². The van der Waals surface area contributed by atoms with Gasteiger partial charge in [0, 0.05) is 15.3 Å². The molecule has 0 bridgehead atoms. The summed E-state index contributed by atoms with van der Waals surface area (Å²) in [4.78, 5) is 0. The molecule has 1 nitrogen and oxygen atoms in total. The van der Waals surface area contributed by atoms with E-state index in [-0.39, 0.29) is 5.82 Å². The molecule has 1 atom stereocenters. The zero-order valence-electron chi connectivity index (χ0n) is 10.5. The van der Waals surface area contributed by atoms with Gasteiger partial charge < -0.3 is 5.32 Å². The smallest absolute Gasteiger partial charge is 0.124 e. The monoisotopic (exact) mass is 359 g/mol. The van der Waals surface area contributed by atoms with E-state index in [1.807, 2.05) is 6.07 Å². The molecule has 0 amide bonds. The van der Waals surface area contributed by atoms with Crippen LogP contribution in [0.25, 0.3) is 0 Å². The van der Waals surface area contributed by atoms with Gasteiger partial charge in [0.2, 0.25) is 0 Å². The van der Waals surface area contributed by atoms with Gasteiger partial charge in [-0.25, -0.2) is 4.39 Å². The van der Waals surface area contributed by atoms with E-state index in [0.29, 0.717) is 11.5 Å². The first kappa shape index (κ1) is 12.7. The predicted molar refractivity (Wildman–Crippen MR) is 81.3 cm³/mol. The number of benzene rings is 1. The van der Waals surface area contributed by atoms with Crippen LogP contribution in [-0.2, 0) is 0 Å². The fourth-order valence-electron chi connectivity index (χ4n) is 3.57. The quantitative estimate of drug-likeness (QED) is 0.737. The van der Waals surface area contributed by atoms with Gasteiger partial charge in [-0.2, -0.15) is 0 Å². The van der Waals surface area contributed by atoms with Gasteiger partial charge in [-0.1, -0.05) is 19.3 Å². The normalized spacial score (nSPS) is 25.8. The third kappa shape index (κ3) is 2.26. The molecule has 2 saturated carbocycles. The molecule has 98 valence electrons. The SMILES string of the molecule is Fc1ccc(NC2CCC23CCCCC3)c(I)c1. The summed E-state index contributed by atoms with van der Waals surface area (Å²) in [5, 5.41) is 3.66. The van der Waals surface area contributed by atoms with Crippen LogP contribution in [0.4, 0.5) is 10.1 Å². The van der Waals surface area contributed by atoms with E-state index in [0.717, 1.165) is 9.26 Å². The summed E-state index contributed by atoms with van der Waals surface area (Å²) in [6.45, 7) is 0. The number of halogens is 2. The Morgan fingerprint density at radius 3 is 2.56 bits per heavy atom. The molecule has 3 rings (SSSR count). The van der Waals surface area contributed by atoms with Crippen LogP contribution in [0.5, 0.6) is 0 Å². The summed E-state index contributed by atoms with van der Waals surface area (Å²) in [5.74, 6) is -0.147. The van der Waals surface area contributed by atoms with Gasteiger partial charge in [0.1, 0.15) is 5.82 Å². The van der Waals surface area contributed by atoms with Crippen molar-refractivity contribution in [3.05, 3.63) is 27.6 Å². The Hall–Kier alpha value is -0.320. The van der Waals surface area contributed by atoms with Crippen molar-refractivity contribution in [1.82, 2.24) is 0 Å². The molecule has 2 fully saturated rings. The molecule has 2 aliphatic rings. The summed E-state index contributed by atoms with van der Waals surface area (Å²) < 4.78 is 14.1. The topological polar surface area (TPSA) is 12.0 Å². The first-order valence-electron chi connectivity index (χ1n) is 6.91. The van der Waals surface area contributed by atoms with Crippen molar-refractivity contribution in [2.45, 2.75) is 51.0 Å². The molecule has 0 aliphatic heterocycles. The number of hydrogen-bond acceptors (Lipinski definition) is 1. The Morgan fingerprint density at radius 1 is 1.17 bits per heavy atom. The maximum atomic E-state index is 13.1. The number of hydrogen-bond donors (Lipinski definition) is 1. The van der Waals surface area contributed by atoms with Gasteiger partial charge in [0.25, 0.3) is 0 Å². The van der Waals surface area contributed by atoms with Crippen molar-refractivity contribution in [1.29, 1.82) is 0 Å². The largest absolute Gasteiger partial charge is 0.381 e. The van der Waals surface area contributed by atoms with Gasteiger partial charge in [0.15, 0.2) is 0 Å². The van der Waals surface area contributed by atoms with Crippen LogP contribution in [0.3, 0.4) is 0 Å². The molecule has 0 radical (unpaired) electrons. The molecule has 0 heterocycles. The van der Waals surface area contributed by atoms with Crippen molar-refractivity contribution in [3.8, 4) is 0 Å². The molecule has 2 aliphatic carbocycles. The van der Waals surface area contributed by atoms with E-state index >= 15 is 0 Å². The Balaban J connectivity index is 1.72. The molecule has 1 spiro atoms. The third-order valence-electron chi connectivity index (χ3n) is 4.78. The van der Waals surface area contributed by atoms with E-state index in [1.54, 1.807) is 12.1 Å². The van der Waals surface area contributed by atoms with E-state index in [2.05, 4.69) is 27.9 Å². The molecule has 3 heteroatoms. The molecule has 1 aromatic rings. The molecule has 1 unspecified atom stereocenters. The van der Waals surface area contributed by atoms with Crippen LogP contribution in [-0.4, -0.2) is 6.04 Å². The van der Waals surface area contributed by atoms with Crippen LogP contribution in [0, 0.1) is 14.8 Å². The van der Waals surface area contributed by atoms with E-state index in [9.17, 15) is 4.39 Å². The lowest BCUT2D eigenvalue weighted by atomic mass is 9.57. The number of rotatable bonds is 2. The highest BCUT2D eigenvalue weighted by Gasteiger charge is 2.46. The van der Waals surface area contributed by atoms with Crippen LogP contribution in [0.1, 0.15) is 44.9 Å². The fraction of sp³-hybridized carbons (Fsp3) is 0.600. The lowest BCUT2D eigenvalue weighted by Crippen LogP contribution is -2.50. The zero-order chi connectivity index (χ0) is 12.6. The van der Waals surface area contributed by atoms with E-state index < -0.39 is 0 Å². The first-order chi connectivity index (χ1) is 8.70. The average Bonchev–Trinajstić information content (AvgIpc) is 2.37. The summed E-state index contributed by atoms with van der Waals surface area (Å²) in [7, 11) is 0. The molecule has 0 aromatic heterocycles. The fourth-order valence-corrected chi connectivity index (χ4v) is 4.20. The lowest BCUT2D eigenvalue weighted by Gasteiger charge is -2.52. The summed E-state index contributed by atoms with van der Waals surface area (Å²) in [6, 6.07) is 5.65. The Morgan fingerprint density at radius 2 is 1.94 bits per heavy atom. The highest BCUT2D eigenvalue weighted by molar-refractivity contribution is 14.1. The third-order valence-corrected chi connectivity index (χ3v) is 5.67. The lowest BCUT2D eigenvalue weighted by molar-refractivity contribution is 0.0571. The van der Waals surface area contributed by atoms with Gasteiger partial charge in [-0.15, -0.1) is 0 Å². The van der Waals surface area contributed by atoms with Crippen molar-refractivity contribution in [2.75, 3.05) is 5.32 Å². The predicted octanol–water partition coefficient (Wildman–Crippen LogP) is 4.96. The molecule has 1 N–H and O–H groups in total. The summed E-state index contributed by atoms with van der Waals surface area (Å²) >= 11 is 2.22. The standard InChI is InChI=1S/C15H19FIN/c16-11-4-5-13(12(17)10-11)18-14-6-9-15(14)7-2-1-3-8-15/h4-5,10,14,18H,1-3,6-9H2. The maximum Gasteiger partial charge on any atom is 0.124 e. The summed E-state index contributed by atoms with van der Waals surface area (Å²) in [6.07, 6.45) is 9.58. The van der Waals surface area contributed by atoms with Crippen LogP contribution in [0.15, 0.2) is 18.2 Å². The van der Waals surface area contributed by atoms with Crippen LogP contribution in [0.2, 0.25) is 0 Å². The second kappa shape index (κ2) is 4.99. The Labute approximate surface area is 122 Å². The number of anilines is 1. The highest BCUT2D eigenvalue weighted by Crippen LogP contribution is 2.52. The van der Waals surface area contributed by atoms with Gasteiger partial charge in [-0.05, 0) is 71.9 Å². The zero-order valence-corrected chi connectivity index (χ0v) is 12.7. The van der Waals surface area contributed by atoms with Crippen LogP contribution < -0.4 is 5.32 Å². The second-order valence-corrected chi connectivity index (χ2v) is 6.94. The molecule has 18 heavy (non-hydrogen) atoms. The minimum Gasteiger partial charge on any atom is -0.381 e. The van der Waals surface area contributed by atoms with Gasteiger partial charge in [-0.3, -0.25) is 0 Å². The van der Waals surface area contributed by atoms with Gasteiger partial charge >= 0.3 is 0 Å². The van der Waals surface area contributed by atoms with E-state index in [4.69, 9.17) is 0 Å². The highest BCUT2D eigenvalue weighted by atomic mass is 127. The second-order valence-electron chi connectivity index (χ2n) is 5.78. The average molecular weight is 359 g/mol. The molecular formula is C15H19FIN. The maximum absolute atomic E-state index is 13.1. The van der Waals surface area contributed by atoms with Crippen molar-refractivity contribution < 1.29 is 4.39 Å². The van der Waals surface area contributed by atoms with E-state index in [1.165, 1.54) is 44.9 Å². The van der Waals surface area contributed by atoms with Crippen molar-refractivity contribution in [2.24, 2.45) is 5.41 Å². The minimum absolute atomic E-state index is 0.147. The van der Waals surface area contributed by atoms with Gasteiger partial charge in [0.05, 0.1) is 0 Å². The molecular weight excluding hydrogens is 340 g/mol. The Bertz CT molecular complexity index is 440. The molecule has 1 aromatic carbocycles.